The van der Waals surface area contributed by atoms with Crippen LogP contribution in [0.1, 0.15) is 118 Å². The Morgan fingerprint density at radius 3 is 1.25 bits per heavy atom. The van der Waals surface area contributed by atoms with E-state index in [0.29, 0.717) is 0 Å². The van der Waals surface area contributed by atoms with Gasteiger partial charge in [-0.05, 0) is 38.5 Å². The van der Waals surface area contributed by atoms with Gasteiger partial charge in [-0.15, -0.1) is 0 Å². The predicted octanol–water partition coefficient (Wildman–Crippen LogP) is 5.99. The molecule has 0 saturated carbocycles. The van der Waals surface area contributed by atoms with Crippen LogP contribution < -0.4 is 10.6 Å². The number of carbonyl (C=O) groups is 2. The van der Waals surface area contributed by atoms with Gasteiger partial charge in [0.2, 0.25) is 11.8 Å². The SMILES string of the molecule is CCCC[C@@H](CC)C(=O)NCCCCCCCCNC(=O)[C@@H](CC)CCCC. The standard InChI is InChI=1S/C24H48N2O2/c1-5-9-17-21(7-3)23(27)25-19-15-13-11-12-14-16-20-26-24(28)22(8-4)18-10-6-2/h21-22H,5-20H2,1-4H3,(H,25,27)(H,26,28)/t21-,22+. The molecular formula is C24H48N2O2. The summed E-state index contributed by atoms with van der Waals surface area (Å²) >= 11 is 0. The fraction of sp³-hybridized carbons (Fsp3) is 0.917. The third-order valence-electron chi connectivity index (χ3n) is 5.74. The highest BCUT2D eigenvalue weighted by Crippen LogP contribution is 2.13. The minimum Gasteiger partial charge on any atom is -0.356 e. The topological polar surface area (TPSA) is 58.2 Å². The second-order valence-electron chi connectivity index (χ2n) is 8.20. The van der Waals surface area contributed by atoms with E-state index in [1.807, 2.05) is 0 Å². The smallest absolute Gasteiger partial charge is 0.223 e. The number of carbonyl (C=O) groups excluding carboxylic acids is 2. The van der Waals surface area contributed by atoms with Crippen molar-refractivity contribution in [2.45, 2.75) is 118 Å². The minimum absolute atomic E-state index is 0.199. The van der Waals surface area contributed by atoms with E-state index in [1.165, 1.54) is 25.7 Å². The molecule has 4 nitrogen and oxygen atoms in total. The fourth-order valence-electron chi connectivity index (χ4n) is 3.61. The van der Waals surface area contributed by atoms with Crippen LogP contribution in [0, 0.1) is 11.8 Å². The molecule has 2 N–H and O–H groups in total. The number of hydrogen-bond donors (Lipinski definition) is 2. The van der Waals surface area contributed by atoms with Gasteiger partial charge in [0.1, 0.15) is 0 Å². The molecular weight excluding hydrogens is 348 g/mol. The van der Waals surface area contributed by atoms with Gasteiger partial charge in [-0.2, -0.15) is 0 Å². The number of nitrogens with one attached hydrogen (secondary N) is 2. The highest BCUT2D eigenvalue weighted by atomic mass is 16.2. The Labute approximate surface area is 175 Å². The Balaban J connectivity index is 3.57. The molecule has 0 fully saturated rings. The Kier molecular flexibility index (Phi) is 18.5. The van der Waals surface area contributed by atoms with Crippen LogP contribution in [0.25, 0.3) is 0 Å². The summed E-state index contributed by atoms with van der Waals surface area (Å²) in [4.78, 5) is 24.2. The van der Waals surface area contributed by atoms with Crippen LogP contribution in [-0.2, 0) is 9.59 Å². The molecule has 28 heavy (non-hydrogen) atoms. The molecule has 0 saturated heterocycles. The first-order valence-electron chi connectivity index (χ1n) is 12.2. The molecule has 0 rings (SSSR count). The molecule has 0 heterocycles. The van der Waals surface area contributed by atoms with E-state index in [0.717, 1.165) is 77.3 Å². The van der Waals surface area contributed by atoms with E-state index < -0.39 is 0 Å². The van der Waals surface area contributed by atoms with Crippen molar-refractivity contribution in [3.63, 3.8) is 0 Å². The third kappa shape index (κ3) is 14.0. The monoisotopic (exact) mass is 396 g/mol. The maximum absolute atomic E-state index is 12.1. The summed E-state index contributed by atoms with van der Waals surface area (Å²) < 4.78 is 0. The van der Waals surface area contributed by atoms with Crippen LogP contribution >= 0.6 is 0 Å². The van der Waals surface area contributed by atoms with E-state index in [2.05, 4.69) is 38.3 Å². The van der Waals surface area contributed by atoms with Gasteiger partial charge in [-0.3, -0.25) is 9.59 Å². The summed E-state index contributed by atoms with van der Waals surface area (Å²) in [6, 6.07) is 0. The lowest BCUT2D eigenvalue weighted by atomic mass is 9.98. The molecule has 0 bridgehead atoms. The molecule has 166 valence electrons. The zero-order valence-electron chi connectivity index (χ0n) is 19.3. The average Bonchev–Trinajstić information content (AvgIpc) is 2.70. The molecule has 0 aliphatic rings. The van der Waals surface area contributed by atoms with Crippen molar-refractivity contribution >= 4 is 11.8 Å². The van der Waals surface area contributed by atoms with Crippen LogP contribution in [0.4, 0.5) is 0 Å². The van der Waals surface area contributed by atoms with Crippen molar-refractivity contribution in [2.24, 2.45) is 11.8 Å². The van der Waals surface area contributed by atoms with E-state index in [-0.39, 0.29) is 23.7 Å². The third-order valence-corrected chi connectivity index (χ3v) is 5.74. The van der Waals surface area contributed by atoms with Crippen molar-refractivity contribution in [1.29, 1.82) is 0 Å². The summed E-state index contributed by atoms with van der Waals surface area (Å²) in [7, 11) is 0. The van der Waals surface area contributed by atoms with Gasteiger partial charge in [0.25, 0.3) is 0 Å². The van der Waals surface area contributed by atoms with Crippen molar-refractivity contribution < 1.29 is 9.59 Å². The average molecular weight is 397 g/mol. The lowest BCUT2D eigenvalue weighted by molar-refractivity contribution is -0.126. The molecule has 0 aromatic rings. The number of amides is 2. The van der Waals surface area contributed by atoms with E-state index in [1.54, 1.807) is 0 Å². The van der Waals surface area contributed by atoms with Crippen LogP contribution in [0.5, 0.6) is 0 Å². The van der Waals surface area contributed by atoms with Crippen LogP contribution in [0.15, 0.2) is 0 Å². The normalized spacial score (nSPS) is 13.1. The first-order chi connectivity index (χ1) is 13.6. The molecule has 4 heteroatoms. The maximum Gasteiger partial charge on any atom is 0.223 e. The minimum atomic E-state index is 0.199. The summed E-state index contributed by atoms with van der Waals surface area (Å²) in [6.07, 6.45) is 15.5. The van der Waals surface area contributed by atoms with Crippen molar-refractivity contribution in [2.75, 3.05) is 13.1 Å². The molecule has 0 spiro atoms. The number of hydrogen-bond acceptors (Lipinski definition) is 2. The molecule has 0 aliphatic carbocycles. The van der Waals surface area contributed by atoms with Crippen molar-refractivity contribution in [3.8, 4) is 0 Å². The van der Waals surface area contributed by atoms with Crippen LogP contribution in [-0.4, -0.2) is 24.9 Å². The van der Waals surface area contributed by atoms with Crippen molar-refractivity contribution in [3.05, 3.63) is 0 Å². The van der Waals surface area contributed by atoms with Gasteiger partial charge in [0.15, 0.2) is 0 Å². The number of rotatable bonds is 19. The predicted molar refractivity (Wildman–Crippen MR) is 120 cm³/mol. The largest absolute Gasteiger partial charge is 0.356 e. The van der Waals surface area contributed by atoms with Gasteiger partial charge in [-0.25, -0.2) is 0 Å². The molecule has 0 aliphatic heterocycles. The van der Waals surface area contributed by atoms with Crippen LogP contribution in [0.2, 0.25) is 0 Å². The first-order valence-corrected chi connectivity index (χ1v) is 12.2. The zero-order chi connectivity index (χ0) is 21.0. The Morgan fingerprint density at radius 2 is 0.929 bits per heavy atom. The van der Waals surface area contributed by atoms with Crippen LogP contribution in [0.3, 0.4) is 0 Å². The van der Waals surface area contributed by atoms with Gasteiger partial charge in [0.05, 0.1) is 0 Å². The van der Waals surface area contributed by atoms with E-state index in [4.69, 9.17) is 0 Å². The Hall–Kier alpha value is -1.06. The highest BCUT2D eigenvalue weighted by molar-refractivity contribution is 5.78. The second-order valence-corrected chi connectivity index (χ2v) is 8.20. The summed E-state index contributed by atoms with van der Waals surface area (Å²) in [6.45, 7) is 10.2. The molecule has 2 amide bonds. The summed E-state index contributed by atoms with van der Waals surface area (Å²) in [5, 5.41) is 6.22. The second kappa shape index (κ2) is 19.3. The maximum atomic E-state index is 12.1. The van der Waals surface area contributed by atoms with E-state index >= 15 is 0 Å². The lowest BCUT2D eigenvalue weighted by Crippen LogP contribution is -2.31. The van der Waals surface area contributed by atoms with Gasteiger partial charge in [0, 0.05) is 24.9 Å². The zero-order valence-corrected chi connectivity index (χ0v) is 19.3. The molecule has 0 unspecified atom stereocenters. The number of unbranched alkanes of at least 4 members (excludes halogenated alkanes) is 7. The first kappa shape index (κ1) is 26.9. The fourth-order valence-corrected chi connectivity index (χ4v) is 3.61. The van der Waals surface area contributed by atoms with Gasteiger partial charge in [-0.1, -0.05) is 79.1 Å². The quantitative estimate of drug-likeness (QED) is 0.263. The molecule has 2 atom stereocenters. The van der Waals surface area contributed by atoms with E-state index in [9.17, 15) is 9.59 Å². The highest BCUT2D eigenvalue weighted by Gasteiger charge is 2.15. The summed E-state index contributed by atoms with van der Waals surface area (Å²) in [5.74, 6) is 0.890. The van der Waals surface area contributed by atoms with Gasteiger partial charge >= 0.3 is 0 Å². The van der Waals surface area contributed by atoms with Gasteiger partial charge < -0.3 is 10.6 Å². The lowest BCUT2D eigenvalue weighted by Gasteiger charge is -2.14. The summed E-state index contributed by atoms with van der Waals surface area (Å²) in [5.41, 5.74) is 0. The van der Waals surface area contributed by atoms with Crippen molar-refractivity contribution in [1.82, 2.24) is 10.6 Å². The molecule has 0 aromatic heterocycles. The molecule has 0 radical (unpaired) electrons. The molecule has 0 aromatic carbocycles. The Bertz CT molecular complexity index is 349. The Morgan fingerprint density at radius 1 is 0.571 bits per heavy atom.